The predicted octanol–water partition coefficient (Wildman–Crippen LogP) is 9.56. The van der Waals surface area contributed by atoms with Crippen LogP contribution in [-0.4, -0.2) is 0 Å². The Morgan fingerprint density at radius 2 is 0.975 bits per heavy atom. The molecule has 4 nitrogen and oxygen atoms in total. The van der Waals surface area contributed by atoms with Crippen molar-refractivity contribution in [3.8, 4) is 23.0 Å². The van der Waals surface area contributed by atoms with E-state index < -0.39 is 0 Å². The van der Waals surface area contributed by atoms with Crippen LogP contribution in [0.4, 0.5) is 11.4 Å². The van der Waals surface area contributed by atoms with Crippen LogP contribution in [0.25, 0.3) is 0 Å². The average molecular weight is 535 g/mol. The second-order valence-electron chi connectivity index (χ2n) is 11.7. The van der Waals surface area contributed by atoms with Crippen LogP contribution in [0.15, 0.2) is 72.8 Å². The smallest absolute Gasteiger partial charge is 0.133 e. The van der Waals surface area contributed by atoms with Gasteiger partial charge in [-0.15, -0.1) is 0 Å². The Kier molecular flexibility index (Phi) is 7.80. The lowest BCUT2D eigenvalue weighted by Crippen LogP contribution is -2.33. The maximum absolute atomic E-state index is 6.35. The third-order valence-corrected chi connectivity index (χ3v) is 8.76. The van der Waals surface area contributed by atoms with Crippen molar-refractivity contribution in [2.24, 2.45) is 5.92 Å². The molecule has 4 heteroatoms. The molecule has 0 aliphatic heterocycles. The van der Waals surface area contributed by atoms with E-state index in [0.29, 0.717) is 0 Å². The second-order valence-corrected chi connectivity index (χ2v) is 11.7. The van der Waals surface area contributed by atoms with E-state index in [-0.39, 0.29) is 5.41 Å². The highest BCUT2D eigenvalue weighted by molar-refractivity contribution is 5.55. The van der Waals surface area contributed by atoms with Crippen molar-refractivity contribution in [1.29, 1.82) is 0 Å². The van der Waals surface area contributed by atoms with E-state index in [1.807, 2.05) is 48.5 Å². The minimum atomic E-state index is -0.0455. The monoisotopic (exact) mass is 534 g/mol. The van der Waals surface area contributed by atoms with Crippen LogP contribution in [0, 0.1) is 33.6 Å². The maximum atomic E-state index is 6.35. The third kappa shape index (κ3) is 5.54. The van der Waals surface area contributed by atoms with Gasteiger partial charge in [-0.25, -0.2) is 0 Å². The highest BCUT2D eigenvalue weighted by Crippen LogP contribution is 2.50. The van der Waals surface area contributed by atoms with E-state index in [0.717, 1.165) is 75.4 Å². The summed E-state index contributed by atoms with van der Waals surface area (Å²) >= 11 is 0. The fraction of sp³-hybridized carbons (Fsp3) is 0.333. The number of nitrogens with two attached hydrogens (primary N) is 2. The lowest BCUT2D eigenvalue weighted by atomic mass is 9.62. The zero-order valence-corrected chi connectivity index (χ0v) is 24.5. The molecule has 208 valence electrons. The van der Waals surface area contributed by atoms with Crippen LogP contribution in [-0.2, 0) is 5.41 Å². The van der Waals surface area contributed by atoms with E-state index in [4.69, 9.17) is 20.9 Å². The number of ether oxygens (including phenoxy) is 2. The lowest BCUT2D eigenvalue weighted by molar-refractivity contribution is 0.260. The SMILES string of the molecule is CCC1CCC(c2cc(C)c(Oc3ccc(N)cc3)c(C)c2)(c2cc(C)c(Oc3ccc(N)cc3)c(C)c2)CC1. The summed E-state index contributed by atoms with van der Waals surface area (Å²) in [5, 5.41) is 0. The molecule has 1 aliphatic carbocycles. The third-order valence-electron chi connectivity index (χ3n) is 8.76. The van der Waals surface area contributed by atoms with E-state index in [9.17, 15) is 0 Å². The Bertz CT molecular complexity index is 1330. The summed E-state index contributed by atoms with van der Waals surface area (Å²) in [6.45, 7) is 11.0. The van der Waals surface area contributed by atoms with Crippen LogP contribution >= 0.6 is 0 Å². The predicted molar refractivity (Wildman–Crippen MR) is 167 cm³/mol. The van der Waals surface area contributed by atoms with Crippen LogP contribution in [0.1, 0.15) is 72.4 Å². The summed E-state index contributed by atoms with van der Waals surface area (Å²) in [6.07, 6.45) is 5.99. The standard InChI is InChI=1S/C36H42N2O2/c1-6-27-15-17-36(18-16-27,28-19-23(2)34(24(3)20-28)39-32-11-7-30(37)8-12-32)29-21-25(4)35(26(5)22-29)40-33-13-9-31(38)10-14-33/h7-14,19-22,27H,6,15-18,37-38H2,1-5H3. The molecule has 0 aromatic heterocycles. The lowest BCUT2D eigenvalue weighted by Gasteiger charge is -2.42. The van der Waals surface area contributed by atoms with Gasteiger partial charge in [-0.05, 0) is 141 Å². The van der Waals surface area contributed by atoms with Gasteiger partial charge in [0.25, 0.3) is 0 Å². The van der Waals surface area contributed by atoms with Gasteiger partial charge in [0.2, 0.25) is 0 Å². The van der Waals surface area contributed by atoms with Gasteiger partial charge < -0.3 is 20.9 Å². The summed E-state index contributed by atoms with van der Waals surface area (Å²) in [5.74, 6) is 4.23. The van der Waals surface area contributed by atoms with Crippen molar-refractivity contribution in [2.75, 3.05) is 11.5 Å². The van der Waals surface area contributed by atoms with Crippen molar-refractivity contribution < 1.29 is 9.47 Å². The Morgan fingerprint density at radius 1 is 0.625 bits per heavy atom. The molecule has 1 fully saturated rings. The van der Waals surface area contributed by atoms with Crippen molar-refractivity contribution in [2.45, 2.75) is 72.1 Å². The number of benzene rings is 4. The molecular weight excluding hydrogens is 492 g/mol. The van der Waals surface area contributed by atoms with Gasteiger partial charge in [-0.1, -0.05) is 37.6 Å². The second kappa shape index (κ2) is 11.3. The summed E-state index contributed by atoms with van der Waals surface area (Å²) in [7, 11) is 0. The molecule has 1 saturated carbocycles. The van der Waals surface area contributed by atoms with E-state index >= 15 is 0 Å². The summed E-state index contributed by atoms with van der Waals surface area (Å²) in [5.41, 5.74) is 20.6. The van der Waals surface area contributed by atoms with Crippen LogP contribution in [0.3, 0.4) is 0 Å². The van der Waals surface area contributed by atoms with Gasteiger partial charge in [0.15, 0.2) is 0 Å². The van der Waals surface area contributed by atoms with Crippen molar-refractivity contribution >= 4 is 11.4 Å². The number of rotatable bonds is 7. The molecule has 1 aliphatic rings. The fourth-order valence-corrected chi connectivity index (χ4v) is 6.41. The molecule has 0 heterocycles. The van der Waals surface area contributed by atoms with Gasteiger partial charge in [-0.3, -0.25) is 0 Å². The molecule has 0 unspecified atom stereocenters. The van der Waals surface area contributed by atoms with E-state index in [1.54, 1.807) is 0 Å². The normalized spacial score (nSPS) is 15.1. The minimum Gasteiger partial charge on any atom is -0.457 e. The number of nitrogen functional groups attached to an aromatic ring is 2. The minimum absolute atomic E-state index is 0.0455. The molecule has 0 atom stereocenters. The topological polar surface area (TPSA) is 70.5 Å². The van der Waals surface area contributed by atoms with Gasteiger partial charge in [0, 0.05) is 16.8 Å². The molecule has 0 saturated heterocycles. The highest BCUT2D eigenvalue weighted by Gasteiger charge is 2.39. The van der Waals surface area contributed by atoms with Crippen molar-refractivity contribution in [3.05, 3.63) is 106 Å². The average Bonchev–Trinajstić information content (AvgIpc) is 2.94. The Hall–Kier alpha value is -3.92. The van der Waals surface area contributed by atoms with Crippen molar-refractivity contribution in [1.82, 2.24) is 0 Å². The molecule has 0 bridgehead atoms. The van der Waals surface area contributed by atoms with E-state index in [2.05, 4.69) is 58.9 Å². The van der Waals surface area contributed by atoms with Gasteiger partial charge in [0.05, 0.1) is 0 Å². The summed E-state index contributed by atoms with van der Waals surface area (Å²) in [6, 6.07) is 24.6. The Balaban J connectivity index is 1.54. The summed E-state index contributed by atoms with van der Waals surface area (Å²) in [4.78, 5) is 0. The maximum Gasteiger partial charge on any atom is 0.133 e. The van der Waals surface area contributed by atoms with Gasteiger partial charge in [0.1, 0.15) is 23.0 Å². The first-order valence-electron chi connectivity index (χ1n) is 14.5. The molecule has 4 N–H and O–H groups in total. The molecule has 40 heavy (non-hydrogen) atoms. The molecule has 4 aromatic rings. The number of hydrogen-bond acceptors (Lipinski definition) is 4. The molecule has 4 aromatic carbocycles. The highest BCUT2D eigenvalue weighted by atomic mass is 16.5. The number of aryl methyl sites for hydroxylation is 4. The van der Waals surface area contributed by atoms with Gasteiger partial charge in [-0.2, -0.15) is 0 Å². The van der Waals surface area contributed by atoms with Crippen LogP contribution < -0.4 is 20.9 Å². The van der Waals surface area contributed by atoms with Crippen LogP contribution in [0.5, 0.6) is 23.0 Å². The molecule has 0 amide bonds. The molecule has 0 radical (unpaired) electrons. The number of anilines is 2. The molecule has 5 rings (SSSR count). The van der Waals surface area contributed by atoms with Gasteiger partial charge >= 0.3 is 0 Å². The fourth-order valence-electron chi connectivity index (χ4n) is 6.41. The quantitative estimate of drug-likeness (QED) is 0.232. The van der Waals surface area contributed by atoms with E-state index in [1.165, 1.54) is 30.4 Å². The molecule has 0 spiro atoms. The summed E-state index contributed by atoms with van der Waals surface area (Å²) < 4.78 is 12.7. The Morgan fingerprint density at radius 3 is 1.30 bits per heavy atom. The van der Waals surface area contributed by atoms with Crippen molar-refractivity contribution in [3.63, 3.8) is 0 Å². The number of hydrogen-bond donors (Lipinski definition) is 2. The first-order chi connectivity index (χ1) is 19.2. The molecular formula is C36H42N2O2. The zero-order chi connectivity index (χ0) is 28.4. The zero-order valence-electron chi connectivity index (χ0n) is 24.5. The first kappa shape index (κ1) is 27.6. The van der Waals surface area contributed by atoms with Crippen LogP contribution in [0.2, 0.25) is 0 Å². The first-order valence-corrected chi connectivity index (χ1v) is 14.5. The largest absolute Gasteiger partial charge is 0.457 e. The Labute approximate surface area is 239 Å².